The summed E-state index contributed by atoms with van der Waals surface area (Å²) in [6.07, 6.45) is 4.13. The van der Waals surface area contributed by atoms with Crippen molar-refractivity contribution in [1.29, 1.82) is 0 Å². The third kappa shape index (κ3) is 4.15. The van der Waals surface area contributed by atoms with Gasteiger partial charge in [0.2, 0.25) is 5.91 Å². The quantitative estimate of drug-likeness (QED) is 0.861. The van der Waals surface area contributed by atoms with Gasteiger partial charge in [0.15, 0.2) is 0 Å². The van der Waals surface area contributed by atoms with E-state index in [0.29, 0.717) is 6.42 Å². The van der Waals surface area contributed by atoms with Crippen molar-refractivity contribution in [3.8, 4) is 0 Å². The van der Waals surface area contributed by atoms with Crippen LogP contribution >= 0.6 is 0 Å². The zero-order valence-corrected chi connectivity index (χ0v) is 10.8. The number of nitrogens with two attached hydrogens (primary N) is 1. The number of hydrogen-bond acceptors (Lipinski definition) is 2. The van der Waals surface area contributed by atoms with Gasteiger partial charge in [-0.25, -0.2) is 0 Å². The first-order chi connectivity index (χ1) is 8.74. The molecule has 1 amide bonds. The molecule has 0 atom stereocenters. The fourth-order valence-corrected chi connectivity index (χ4v) is 2.63. The molecule has 1 aliphatic rings. The van der Waals surface area contributed by atoms with E-state index in [0.717, 1.165) is 25.6 Å². The van der Waals surface area contributed by atoms with Gasteiger partial charge in [-0.3, -0.25) is 4.79 Å². The Balaban J connectivity index is 1.72. The van der Waals surface area contributed by atoms with E-state index in [2.05, 4.69) is 35.2 Å². The Bertz CT molecular complexity index is 369. The van der Waals surface area contributed by atoms with E-state index >= 15 is 0 Å². The molecule has 0 unspecified atom stereocenters. The summed E-state index contributed by atoms with van der Waals surface area (Å²) in [4.78, 5) is 13.1. The highest BCUT2D eigenvalue weighted by Crippen LogP contribution is 2.21. The molecule has 1 heterocycles. The molecule has 0 spiro atoms. The normalized spacial score (nSPS) is 17.8. The minimum absolute atomic E-state index is 0.193. The van der Waals surface area contributed by atoms with Crippen LogP contribution in [0.4, 0.5) is 0 Å². The van der Waals surface area contributed by atoms with Gasteiger partial charge < -0.3 is 10.6 Å². The van der Waals surface area contributed by atoms with Crippen molar-refractivity contribution in [2.75, 3.05) is 19.6 Å². The van der Waals surface area contributed by atoms with Gasteiger partial charge in [0.05, 0.1) is 0 Å². The van der Waals surface area contributed by atoms with Gasteiger partial charge in [-0.05, 0) is 43.8 Å². The zero-order valence-electron chi connectivity index (χ0n) is 10.8. The van der Waals surface area contributed by atoms with E-state index in [1.807, 2.05) is 0 Å². The number of piperidine rings is 1. The molecular formula is C15H22N2O. The second kappa shape index (κ2) is 6.55. The predicted octanol–water partition coefficient (Wildman–Crippen LogP) is 1.82. The topological polar surface area (TPSA) is 46.3 Å². The maximum Gasteiger partial charge on any atom is 0.218 e. The Labute approximate surface area is 109 Å². The summed E-state index contributed by atoms with van der Waals surface area (Å²) in [5, 5.41) is 0. The predicted molar refractivity (Wildman–Crippen MR) is 73.1 cm³/mol. The number of carbonyl (C=O) groups is 1. The number of amides is 1. The summed E-state index contributed by atoms with van der Waals surface area (Å²) < 4.78 is 0. The van der Waals surface area contributed by atoms with Crippen molar-refractivity contribution >= 4 is 5.91 Å². The lowest BCUT2D eigenvalue weighted by Gasteiger charge is -2.31. The van der Waals surface area contributed by atoms with E-state index in [9.17, 15) is 4.79 Å². The molecule has 1 saturated heterocycles. The average molecular weight is 246 g/mol. The van der Waals surface area contributed by atoms with Crippen LogP contribution in [-0.2, 0) is 11.2 Å². The SMILES string of the molecule is NC(=O)CCN1CCC(Cc2ccccc2)CC1. The largest absolute Gasteiger partial charge is 0.370 e. The van der Waals surface area contributed by atoms with Crippen molar-refractivity contribution in [3.05, 3.63) is 35.9 Å². The van der Waals surface area contributed by atoms with Crippen LogP contribution in [-0.4, -0.2) is 30.4 Å². The van der Waals surface area contributed by atoms with Crippen molar-refractivity contribution in [3.63, 3.8) is 0 Å². The van der Waals surface area contributed by atoms with E-state index in [-0.39, 0.29) is 5.91 Å². The lowest BCUT2D eigenvalue weighted by atomic mass is 9.90. The number of benzene rings is 1. The van der Waals surface area contributed by atoms with Gasteiger partial charge >= 0.3 is 0 Å². The number of likely N-dealkylation sites (tertiary alicyclic amines) is 1. The van der Waals surface area contributed by atoms with Crippen molar-refractivity contribution in [1.82, 2.24) is 4.90 Å². The van der Waals surface area contributed by atoms with Crippen LogP contribution < -0.4 is 5.73 Å². The molecule has 0 radical (unpaired) electrons. The summed E-state index contributed by atoms with van der Waals surface area (Å²) in [5.41, 5.74) is 6.61. The molecule has 0 saturated carbocycles. The van der Waals surface area contributed by atoms with Gasteiger partial charge in [0.25, 0.3) is 0 Å². The molecule has 0 aromatic heterocycles. The molecule has 1 aromatic carbocycles. The Kier molecular flexibility index (Phi) is 4.76. The lowest BCUT2D eigenvalue weighted by Crippen LogP contribution is -2.36. The number of nitrogens with zero attached hydrogens (tertiary/aromatic N) is 1. The van der Waals surface area contributed by atoms with Crippen LogP contribution in [0.1, 0.15) is 24.8 Å². The third-order valence-electron chi connectivity index (χ3n) is 3.75. The highest BCUT2D eigenvalue weighted by molar-refractivity contribution is 5.73. The summed E-state index contributed by atoms with van der Waals surface area (Å²) in [6.45, 7) is 3.03. The van der Waals surface area contributed by atoms with Crippen molar-refractivity contribution in [2.24, 2.45) is 11.7 Å². The van der Waals surface area contributed by atoms with E-state index < -0.39 is 0 Å². The van der Waals surface area contributed by atoms with E-state index in [1.165, 1.54) is 24.8 Å². The minimum atomic E-state index is -0.193. The number of hydrogen-bond donors (Lipinski definition) is 1. The first kappa shape index (κ1) is 13.1. The average Bonchev–Trinajstić information content (AvgIpc) is 2.39. The zero-order chi connectivity index (χ0) is 12.8. The van der Waals surface area contributed by atoms with Gasteiger partial charge in [-0.15, -0.1) is 0 Å². The van der Waals surface area contributed by atoms with E-state index in [1.54, 1.807) is 0 Å². The molecule has 2 rings (SSSR count). The van der Waals surface area contributed by atoms with Gasteiger partial charge in [0, 0.05) is 13.0 Å². The van der Waals surface area contributed by atoms with Gasteiger partial charge in [0.1, 0.15) is 0 Å². The van der Waals surface area contributed by atoms with Crippen LogP contribution in [0.25, 0.3) is 0 Å². The minimum Gasteiger partial charge on any atom is -0.370 e. The van der Waals surface area contributed by atoms with Crippen LogP contribution in [0.3, 0.4) is 0 Å². The molecule has 98 valence electrons. The number of carbonyl (C=O) groups excluding carboxylic acids is 1. The van der Waals surface area contributed by atoms with E-state index in [4.69, 9.17) is 5.73 Å². The molecule has 1 aliphatic heterocycles. The second-order valence-corrected chi connectivity index (χ2v) is 5.19. The van der Waals surface area contributed by atoms with Crippen molar-refractivity contribution in [2.45, 2.75) is 25.7 Å². The Morgan fingerprint density at radius 3 is 2.50 bits per heavy atom. The molecule has 2 N–H and O–H groups in total. The smallest absolute Gasteiger partial charge is 0.218 e. The lowest BCUT2D eigenvalue weighted by molar-refractivity contribution is -0.118. The van der Waals surface area contributed by atoms with Crippen LogP contribution in [0.15, 0.2) is 30.3 Å². The maximum absolute atomic E-state index is 10.7. The molecule has 0 aliphatic carbocycles. The number of rotatable bonds is 5. The number of primary amides is 1. The second-order valence-electron chi connectivity index (χ2n) is 5.19. The van der Waals surface area contributed by atoms with Crippen LogP contribution in [0.5, 0.6) is 0 Å². The van der Waals surface area contributed by atoms with Gasteiger partial charge in [-0.2, -0.15) is 0 Å². The Morgan fingerprint density at radius 1 is 1.22 bits per heavy atom. The molecule has 0 bridgehead atoms. The first-order valence-electron chi connectivity index (χ1n) is 6.78. The highest BCUT2D eigenvalue weighted by atomic mass is 16.1. The van der Waals surface area contributed by atoms with Gasteiger partial charge in [-0.1, -0.05) is 30.3 Å². The highest BCUT2D eigenvalue weighted by Gasteiger charge is 2.19. The molecular weight excluding hydrogens is 224 g/mol. The molecule has 1 aromatic rings. The first-order valence-corrected chi connectivity index (χ1v) is 6.78. The summed E-state index contributed by atoms with van der Waals surface area (Å²) in [5.74, 6) is 0.596. The summed E-state index contributed by atoms with van der Waals surface area (Å²) in [7, 11) is 0. The molecule has 3 nitrogen and oxygen atoms in total. The Morgan fingerprint density at radius 2 is 1.89 bits per heavy atom. The molecule has 1 fully saturated rings. The fraction of sp³-hybridized carbons (Fsp3) is 0.533. The standard InChI is InChI=1S/C15H22N2O/c16-15(18)8-11-17-9-6-14(7-10-17)12-13-4-2-1-3-5-13/h1-5,14H,6-12H2,(H2,16,18). The van der Waals surface area contributed by atoms with Crippen LogP contribution in [0.2, 0.25) is 0 Å². The fourth-order valence-electron chi connectivity index (χ4n) is 2.63. The van der Waals surface area contributed by atoms with Crippen LogP contribution in [0, 0.1) is 5.92 Å². The molecule has 18 heavy (non-hydrogen) atoms. The molecule has 3 heteroatoms. The maximum atomic E-state index is 10.7. The summed E-state index contributed by atoms with van der Waals surface area (Å²) >= 11 is 0. The van der Waals surface area contributed by atoms with Crippen molar-refractivity contribution < 1.29 is 4.79 Å². The Hall–Kier alpha value is -1.35. The monoisotopic (exact) mass is 246 g/mol. The third-order valence-corrected chi connectivity index (χ3v) is 3.75. The summed E-state index contributed by atoms with van der Waals surface area (Å²) in [6, 6.07) is 10.7.